The highest BCUT2D eigenvalue weighted by atomic mass is 32.1. The molecule has 8 nitrogen and oxygen atoms in total. The maximum Gasteiger partial charge on any atom is 0.223 e. The van der Waals surface area contributed by atoms with Crippen molar-refractivity contribution >= 4 is 22.4 Å². The molecule has 2 aromatic heterocycles. The van der Waals surface area contributed by atoms with Crippen molar-refractivity contribution in [3.8, 4) is 11.8 Å². The summed E-state index contributed by atoms with van der Waals surface area (Å²) in [5.74, 6) is -0.112. The molecule has 3 heterocycles. The lowest BCUT2D eigenvalue weighted by molar-refractivity contribution is -0.114. The molecule has 0 aliphatic carbocycles. The summed E-state index contributed by atoms with van der Waals surface area (Å²) < 4.78 is 32.3. The second-order valence-corrected chi connectivity index (χ2v) is 6.85. The molecule has 1 aliphatic heterocycles. The van der Waals surface area contributed by atoms with Gasteiger partial charge in [-0.3, -0.25) is 9.69 Å². The van der Waals surface area contributed by atoms with Crippen LogP contribution in [-0.2, 0) is 11.3 Å². The molecule has 0 unspecified atom stereocenters. The third-order valence-corrected chi connectivity index (χ3v) is 4.81. The molecule has 1 saturated heterocycles. The number of nitrogens with one attached hydrogen (secondary N) is 1. The predicted molar refractivity (Wildman–Crippen MR) is 93.9 cm³/mol. The number of nitrogens with zero attached hydrogens (tertiary/aromatic N) is 4. The zero-order valence-electron chi connectivity index (χ0n) is 16.9. The number of likely N-dealkylation sites (tertiary alicyclic amines) is 1. The number of amides is 1. The van der Waals surface area contributed by atoms with E-state index in [9.17, 15) is 4.79 Å². The van der Waals surface area contributed by atoms with Crippen LogP contribution >= 0.6 is 11.3 Å². The number of rotatable bonds is 6. The fourth-order valence-corrected chi connectivity index (χ4v) is 3.59. The van der Waals surface area contributed by atoms with Gasteiger partial charge >= 0.3 is 0 Å². The Kier molecular flexibility index (Phi) is 4.33. The molecule has 1 N–H and O–H groups in total. The Bertz CT molecular complexity index is 832. The van der Waals surface area contributed by atoms with Gasteiger partial charge in [-0.2, -0.15) is 0 Å². The normalized spacial score (nSPS) is 22.7. The Labute approximate surface area is 154 Å². The van der Waals surface area contributed by atoms with Gasteiger partial charge in [-0.25, -0.2) is 15.0 Å². The van der Waals surface area contributed by atoms with Crippen LogP contribution in [0.3, 0.4) is 0 Å². The summed E-state index contributed by atoms with van der Waals surface area (Å²) in [5, 5.41) is 2.61. The van der Waals surface area contributed by atoms with Crippen molar-refractivity contribution in [1.29, 1.82) is 0 Å². The van der Waals surface area contributed by atoms with Gasteiger partial charge in [0.15, 0.2) is 5.13 Å². The first kappa shape index (κ1) is 14.0. The number of carbonyl (C=O) groups excluding carboxylic acids is 1. The number of methoxy groups -OCH3 is 1. The Morgan fingerprint density at radius 3 is 3.12 bits per heavy atom. The summed E-state index contributed by atoms with van der Waals surface area (Å²) in [6.45, 7) is 0.767. The maximum atomic E-state index is 11.5. The van der Waals surface area contributed by atoms with Crippen LogP contribution in [0.5, 0.6) is 11.8 Å². The van der Waals surface area contributed by atoms with Gasteiger partial charge in [0.1, 0.15) is 12.4 Å². The highest BCUT2D eigenvalue weighted by Gasteiger charge is 2.31. The SMILES string of the molecule is [2H]C([2H])([2H])C(=O)Nc1ncc(CN2C[C@H](Oc3cc(OC)ncn3)C[C@@H]2C)s1. The lowest BCUT2D eigenvalue weighted by Gasteiger charge is -2.19. The summed E-state index contributed by atoms with van der Waals surface area (Å²) in [6, 6.07) is 1.94. The molecule has 2 atom stereocenters. The van der Waals surface area contributed by atoms with Gasteiger partial charge in [-0.05, 0) is 6.92 Å². The van der Waals surface area contributed by atoms with Gasteiger partial charge < -0.3 is 14.8 Å². The molecule has 0 saturated carbocycles. The van der Waals surface area contributed by atoms with E-state index in [1.807, 2.05) is 0 Å². The lowest BCUT2D eigenvalue weighted by Crippen LogP contribution is -2.27. The van der Waals surface area contributed by atoms with Crippen LogP contribution < -0.4 is 14.8 Å². The summed E-state index contributed by atoms with van der Waals surface area (Å²) in [5.41, 5.74) is 0. The highest BCUT2D eigenvalue weighted by Crippen LogP contribution is 2.27. The van der Waals surface area contributed by atoms with Gasteiger partial charge in [0.25, 0.3) is 0 Å². The lowest BCUT2D eigenvalue weighted by atomic mass is 10.2. The Morgan fingerprint density at radius 2 is 2.32 bits per heavy atom. The minimum absolute atomic E-state index is 0.0164. The standard InChI is InChI=1S/C16H21N5O3S/c1-10-4-12(24-15-5-14(23-3)18-9-19-15)7-21(10)8-13-6-17-16(25-13)20-11(2)22/h5-6,9-10,12H,4,7-8H2,1-3H3,(H,17,20,22)/t10-,12+/m0/s1/i2D3. The smallest absolute Gasteiger partial charge is 0.223 e. The Morgan fingerprint density at radius 1 is 1.48 bits per heavy atom. The fraction of sp³-hybridized carbons (Fsp3) is 0.500. The number of anilines is 1. The molecule has 3 rings (SSSR count). The summed E-state index contributed by atoms with van der Waals surface area (Å²) in [6.07, 6.45) is 3.87. The van der Waals surface area contributed by atoms with Gasteiger partial charge in [-0.1, -0.05) is 0 Å². The number of carbonyl (C=O) groups is 1. The first-order valence-electron chi connectivity index (χ1n) is 9.27. The quantitative estimate of drug-likeness (QED) is 0.835. The van der Waals surface area contributed by atoms with E-state index in [0.717, 1.165) is 11.3 Å². The molecular formula is C16H21N5O3S. The summed E-state index contributed by atoms with van der Waals surface area (Å²) >= 11 is 1.26. The minimum Gasteiger partial charge on any atom is -0.481 e. The highest BCUT2D eigenvalue weighted by molar-refractivity contribution is 7.15. The van der Waals surface area contributed by atoms with E-state index in [2.05, 4.69) is 32.1 Å². The van der Waals surface area contributed by atoms with Crippen molar-refractivity contribution in [2.45, 2.75) is 38.9 Å². The average Bonchev–Trinajstić information content (AvgIpc) is 3.21. The number of ether oxygens (including phenoxy) is 2. The second-order valence-electron chi connectivity index (χ2n) is 5.74. The van der Waals surface area contributed by atoms with Crippen molar-refractivity contribution < 1.29 is 18.4 Å². The van der Waals surface area contributed by atoms with Gasteiger partial charge in [-0.15, -0.1) is 11.3 Å². The maximum absolute atomic E-state index is 11.5. The molecular weight excluding hydrogens is 342 g/mol. The van der Waals surface area contributed by atoms with E-state index in [1.54, 1.807) is 12.3 Å². The molecule has 0 bridgehead atoms. The summed E-state index contributed by atoms with van der Waals surface area (Å²) in [4.78, 5) is 26.9. The average molecular weight is 366 g/mol. The molecule has 0 spiro atoms. The van der Waals surface area contributed by atoms with Crippen molar-refractivity contribution in [1.82, 2.24) is 19.9 Å². The van der Waals surface area contributed by atoms with E-state index < -0.39 is 12.8 Å². The van der Waals surface area contributed by atoms with Crippen LogP contribution in [0, 0.1) is 0 Å². The van der Waals surface area contributed by atoms with Crippen molar-refractivity contribution in [3.05, 3.63) is 23.5 Å². The third kappa shape index (κ3) is 4.64. The topological polar surface area (TPSA) is 89.5 Å². The number of hydrogen-bond donors (Lipinski definition) is 1. The zero-order chi connectivity index (χ0) is 20.3. The van der Waals surface area contributed by atoms with Crippen molar-refractivity contribution in [3.63, 3.8) is 0 Å². The molecule has 2 aromatic rings. The molecule has 25 heavy (non-hydrogen) atoms. The predicted octanol–water partition coefficient (Wildman–Crippen LogP) is 1.94. The molecule has 1 fully saturated rings. The second kappa shape index (κ2) is 7.75. The molecule has 134 valence electrons. The van der Waals surface area contributed by atoms with E-state index in [-0.39, 0.29) is 17.3 Å². The van der Waals surface area contributed by atoms with E-state index >= 15 is 0 Å². The van der Waals surface area contributed by atoms with Crippen LogP contribution in [0.2, 0.25) is 0 Å². The van der Waals surface area contributed by atoms with Crippen LogP contribution in [0.1, 0.15) is 29.2 Å². The van der Waals surface area contributed by atoms with Crippen molar-refractivity contribution in [2.24, 2.45) is 0 Å². The Hall–Kier alpha value is -2.26. The number of hydrogen-bond acceptors (Lipinski definition) is 8. The molecule has 0 aromatic carbocycles. The van der Waals surface area contributed by atoms with Crippen molar-refractivity contribution in [2.75, 3.05) is 19.0 Å². The van der Waals surface area contributed by atoms with Crippen LogP contribution in [-0.4, -0.2) is 51.6 Å². The van der Waals surface area contributed by atoms with Crippen LogP contribution in [0.4, 0.5) is 5.13 Å². The van der Waals surface area contributed by atoms with Gasteiger partial charge in [0.2, 0.25) is 17.7 Å². The van der Waals surface area contributed by atoms with E-state index in [4.69, 9.17) is 13.6 Å². The Balaban J connectivity index is 1.56. The van der Waals surface area contributed by atoms with Crippen LogP contribution in [0.15, 0.2) is 18.6 Å². The number of thiazole rings is 1. The molecule has 0 radical (unpaired) electrons. The number of aromatic nitrogens is 3. The van der Waals surface area contributed by atoms with E-state index in [0.29, 0.717) is 24.8 Å². The monoisotopic (exact) mass is 366 g/mol. The summed E-state index contributed by atoms with van der Waals surface area (Å²) in [7, 11) is 1.54. The largest absolute Gasteiger partial charge is 0.481 e. The first-order valence-corrected chi connectivity index (χ1v) is 8.59. The van der Waals surface area contributed by atoms with Gasteiger partial charge in [0, 0.05) is 47.6 Å². The first-order chi connectivity index (χ1) is 13.2. The van der Waals surface area contributed by atoms with Gasteiger partial charge in [0.05, 0.1) is 13.2 Å². The van der Waals surface area contributed by atoms with Crippen LogP contribution in [0.25, 0.3) is 0 Å². The molecule has 1 aliphatic rings. The molecule has 9 heteroatoms. The fourth-order valence-electron chi connectivity index (χ4n) is 2.76. The zero-order valence-corrected chi connectivity index (χ0v) is 14.7. The molecule has 1 amide bonds. The minimum atomic E-state index is -2.69. The van der Waals surface area contributed by atoms with E-state index in [1.165, 1.54) is 24.8 Å². The third-order valence-electron chi connectivity index (χ3n) is 3.91.